The smallest absolute Gasteiger partial charge is 0.415 e. The second kappa shape index (κ2) is 17.7. The molecule has 4 fully saturated rings. The molecule has 11 nitrogen and oxygen atoms in total. The number of nitrogens with one attached hydrogen (secondary N) is 1. The first kappa shape index (κ1) is 39.2. The van der Waals surface area contributed by atoms with Crippen molar-refractivity contribution in [1.82, 2.24) is 4.90 Å². The SMILES string of the molecule is COc1ccc([C@H](Cc2c(Cl)c[nH+]cc2Cl)OC(=O)c2ccc(CN(C(=O)O[C@H]3CN4CCC3CC4)c3ccccc3OCC3CC3)cc2)cc1OC.[OH-]. The first-order chi connectivity index (χ1) is 25.8. The molecule has 1 aromatic heterocycles. The van der Waals surface area contributed by atoms with Gasteiger partial charge in [0.15, 0.2) is 23.9 Å². The average Bonchev–Trinajstić information content (AvgIpc) is 4.02. The highest BCUT2D eigenvalue weighted by atomic mass is 35.5. The fourth-order valence-electron chi connectivity index (χ4n) is 7.04. The highest BCUT2D eigenvalue weighted by molar-refractivity contribution is 6.35. The zero-order valence-corrected chi connectivity index (χ0v) is 31.9. The highest BCUT2D eigenvalue weighted by Gasteiger charge is 2.38. The summed E-state index contributed by atoms with van der Waals surface area (Å²) in [4.78, 5) is 34.7. The second-order valence-corrected chi connectivity index (χ2v) is 14.7. The Balaban J connectivity index is 0.00000497. The number of esters is 1. The van der Waals surface area contributed by atoms with Gasteiger partial charge in [0.1, 0.15) is 28.0 Å². The third kappa shape index (κ3) is 9.21. The van der Waals surface area contributed by atoms with Gasteiger partial charge in [-0.1, -0.05) is 53.5 Å². The number of nitrogens with zero attached hydrogens (tertiary/aromatic N) is 2. The maximum Gasteiger partial charge on any atom is 0.415 e. The van der Waals surface area contributed by atoms with Crippen LogP contribution in [0, 0.1) is 11.8 Å². The standard InChI is InChI=1S/C41H43Cl2N3O7.H2O/c1-49-36-14-13-30(19-38(36)50-2)37(20-31-32(42)21-44-22-33(31)43)52-40(47)29-11-9-26(10-12-29)23-46(34-5-3-4-6-35(34)51-25-27-7-8-27)41(48)53-39-24-45-17-15-28(39)16-18-45;/h3-6,9-14,19,21-22,27-28,37,39H,7-8,15-18,20,23-25H2,1-2H3;1H2/t37-,39-;/m0./s1. The molecule has 3 aliphatic heterocycles. The van der Waals surface area contributed by atoms with Crippen LogP contribution < -0.4 is 24.1 Å². The Kier molecular flexibility index (Phi) is 12.9. The first-order valence-electron chi connectivity index (χ1n) is 18.1. The first-order valence-corrected chi connectivity index (χ1v) is 18.8. The van der Waals surface area contributed by atoms with Crippen LogP contribution in [0.5, 0.6) is 17.2 Å². The molecule has 4 heterocycles. The molecule has 54 heavy (non-hydrogen) atoms. The minimum absolute atomic E-state index is 0. The van der Waals surface area contributed by atoms with Crippen LogP contribution in [0.1, 0.15) is 58.8 Å². The summed E-state index contributed by atoms with van der Waals surface area (Å²) < 4.78 is 29.5. The van der Waals surface area contributed by atoms with Gasteiger partial charge in [0.05, 0.1) is 38.6 Å². The predicted molar refractivity (Wildman–Crippen MR) is 203 cm³/mol. The number of H-pyrrole nitrogens is 1. The molecular weight excluding hydrogens is 733 g/mol. The number of aromatic amines is 1. The minimum atomic E-state index is -0.761. The van der Waals surface area contributed by atoms with E-state index in [1.807, 2.05) is 42.5 Å². The van der Waals surface area contributed by atoms with Gasteiger partial charge in [-0.05, 0) is 98.1 Å². The number of hydrogen-bond donors (Lipinski definition) is 0. The highest BCUT2D eigenvalue weighted by Crippen LogP contribution is 2.37. The van der Waals surface area contributed by atoms with Gasteiger partial charge in [0, 0.05) is 18.5 Å². The van der Waals surface area contributed by atoms with Gasteiger partial charge in [0.2, 0.25) is 0 Å². The summed E-state index contributed by atoms with van der Waals surface area (Å²) in [7, 11) is 3.10. The Labute approximate surface area is 325 Å². The molecule has 0 radical (unpaired) electrons. The molecule has 3 saturated heterocycles. The number of fused-ring (bicyclic) bond motifs is 3. The van der Waals surface area contributed by atoms with Crippen LogP contribution in [-0.4, -0.2) is 69.0 Å². The van der Waals surface area contributed by atoms with Crippen molar-refractivity contribution in [2.75, 3.05) is 45.4 Å². The Bertz CT molecular complexity index is 1900. The van der Waals surface area contributed by atoms with E-state index >= 15 is 0 Å². The number of ether oxygens (including phenoxy) is 5. The predicted octanol–water partition coefficient (Wildman–Crippen LogP) is 7.81. The second-order valence-electron chi connectivity index (χ2n) is 13.9. The van der Waals surface area contributed by atoms with Crippen molar-refractivity contribution in [3.8, 4) is 17.2 Å². The number of amides is 1. The fourth-order valence-corrected chi connectivity index (χ4v) is 7.58. The molecule has 13 heteroatoms. The average molecular weight is 779 g/mol. The number of piperidine rings is 3. The number of carbonyl (C=O) groups is 2. The lowest BCUT2D eigenvalue weighted by molar-refractivity contribution is -0.377. The van der Waals surface area contributed by atoms with Crippen LogP contribution in [0.4, 0.5) is 10.5 Å². The zero-order valence-electron chi connectivity index (χ0n) is 30.3. The Morgan fingerprint density at radius 3 is 2.24 bits per heavy atom. The largest absolute Gasteiger partial charge is 0.870 e. The van der Waals surface area contributed by atoms with Crippen molar-refractivity contribution in [3.63, 3.8) is 0 Å². The van der Waals surface area contributed by atoms with Gasteiger partial charge in [-0.25, -0.2) is 14.6 Å². The third-order valence-corrected chi connectivity index (χ3v) is 11.0. The van der Waals surface area contributed by atoms with Crippen molar-refractivity contribution < 1.29 is 43.7 Å². The molecule has 286 valence electrons. The Morgan fingerprint density at radius 2 is 1.59 bits per heavy atom. The van der Waals surface area contributed by atoms with Crippen molar-refractivity contribution >= 4 is 41.0 Å². The van der Waals surface area contributed by atoms with Gasteiger partial charge < -0.3 is 29.2 Å². The molecule has 2 bridgehead atoms. The van der Waals surface area contributed by atoms with Crippen molar-refractivity contribution in [2.24, 2.45) is 11.8 Å². The summed E-state index contributed by atoms with van der Waals surface area (Å²) in [6, 6.07) is 20.0. The maximum absolute atomic E-state index is 14.0. The van der Waals surface area contributed by atoms with E-state index in [0.29, 0.717) is 68.1 Å². The lowest BCUT2D eigenvalue weighted by atomic mass is 9.86. The number of methoxy groups -OCH3 is 2. The quantitative estimate of drug-likeness (QED) is 0.118. The molecular formula is C41H45Cl2N3O8. The van der Waals surface area contributed by atoms with Crippen molar-refractivity contribution in [2.45, 2.75) is 50.9 Å². The lowest BCUT2D eigenvalue weighted by Crippen LogP contribution is -2.53. The number of halogens is 2. The van der Waals surface area contributed by atoms with E-state index in [4.69, 9.17) is 46.9 Å². The molecule has 8 rings (SSSR count). The van der Waals surface area contributed by atoms with E-state index in [-0.39, 0.29) is 24.5 Å². The summed E-state index contributed by atoms with van der Waals surface area (Å²) in [6.45, 7) is 3.69. The van der Waals surface area contributed by atoms with Crippen molar-refractivity contribution in [1.29, 1.82) is 0 Å². The van der Waals surface area contributed by atoms with E-state index in [1.54, 1.807) is 55.8 Å². The molecule has 2 atom stereocenters. The van der Waals surface area contributed by atoms with E-state index in [2.05, 4.69) is 9.88 Å². The summed E-state index contributed by atoms with van der Waals surface area (Å²) in [5.41, 5.74) is 3.10. The topological polar surface area (TPSA) is 131 Å². The van der Waals surface area contributed by atoms with Gasteiger partial charge in [0.25, 0.3) is 0 Å². The Hall–Kier alpha value is -4.55. The summed E-state index contributed by atoms with van der Waals surface area (Å²) in [6.07, 6.45) is 6.53. The molecule has 0 unspecified atom stereocenters. The van der Waals surface area contributed by atoms with Gasteiger partial charge >= 0.3 is 12.1 Å². The minimum Gasteiger partial charge on any atom is -0.870 e. The van der Waals surface area contributed by atoms with E-state index in [0.717, 1.165) is 50.9 Å². The molecule has 2 N–H and O–H groups in total. The van der Waals surface area contributed by atoms with Crippen LogP contribution in [0.2, 0.25) is 10.0 Å². The number of anilines is 1. The third-order valence-electron chi connectivity index (χ3n) is 10.3. The molecule has 1 amide bonds. The number of rotatable bonds is 14. The van der Waals surface area contributed by atoms with Crippen molar-refractivity contribution in [3.05, 3.63) is 111 Å². The summed E-state index contributed by atoms with van der Waals surface area (Å²) >= 11 is 13.0. The number of aromatic nitrogens is 1. The van der Waals surface area contributed by atoms with Gasteiger partial charge in [-0.15, -0.1) is 0 Å². The van der Waals surface area contributed by atoms with Gasteiger partial charge in [-0.3, -0.25) is 9.80 Å². The van der Waals surface area contributed by atoms with E-state index in [1.165, 1.54) is 0 Å². The molecule has 0 spiro atoms. The fraction of sp³-hybridized carbons (Fsp3) is 0.390. The molecule has 4 aromatic rings. The molecule has 1 aliphatic carbocycles. The monoisotopic (exact) mass is 777 g/mol. The molecule has 4 aliphatic rings. The maximum atomic E-state index is 14.0. The summed E-state index contributed by atoms with van der Waals surface area (Å²) in [5, 5.41) is 0.832. The van der Waals surface area contributed by atoms with Gasteiger partial charge in [-0.2, -0.15) is 0 Å². The van der Waals surface area contributed by atoms with Crippen LogP contribution in [0.15, 0.2) is 79.1 Å². The number of hydrogen-bond acceptors (Lipinski definition) is 9. The normalized spacial score (nSPS) is 19.2. The number of carbonyl (C=O) groups excluding carboxylic acids is 2. The number of pyridine rings is 1. The summed E-state index contributed by atoms with van der Waals surface area (Å²) in [5.74, 6) is 2.06. The zero-order chi connectivity index (χ0) is 36.9. The lowest BCUT2D eigenvalue weighted by Gasteiger charge is -2.44. The van der Waals surface area contributed by atoms with E-state index < -0.39 is 18.2 Å². The number of benzene rings is 3. The van der Waals surface area contributed by atoms with E-state index in [9.17, 15) is 9.59 Å². The van der Waals surface area contributed by atoms with Crippen LogP contribution >= 0.6 is 23.2 Å². The van der Waals surface area contributed by atoms with Crippen LogP contribution in [-0.2, 0) is 22.4 Å². The van der Waals surface area contributed by atoms with Crippen LogP contribution in [0.25, 0.3) is 0 Å². The van der Waals surface area contributed by atoms with Crippen LogP contribution in [0.3, 0.4) is 0 Å². The Morgan fingerprint density at radius 1 is 0.889 bits per heavy atom. The number of para-hydroxylation sites is 2. The molecule has 3 aromatic carbocycles. The molecule has 1 saturated carbocycles.